The van der Waals surface area contributed by atoms with Crippen LogP contribution in [0.15, 0.2) is 0 Å². The molecule has 0 saturated carbocycles. The van der Waals surface area contributed by atoms with Crippen LogP contribution in [0.2, 0.25) is 0 Å². The van der Waals surface area contributed by atoms with Crippen LogP contribution in [0.4, 0.5) is 0 Å². The number of rotatable bonds is 6. The minimum absolute atomic E-state index is 0.0517. The second-order valence-corrected chi connectivity index (χ2v) is 5.31. The van der Waals surface area contributed by atoms with Gasteiger partial charge in [-0.2, -0.15) is 5.26 Å². The number of nitrogens with zero attached hydrogens (tertiary/aromatic N) is 1. The Bertz CT molecular complexity index is 355. The molecule has 0 rings (SSSR count). The molecule has 6 nitrogen and oxygen atoms in total. The summed E-state index contributed by atoms with van der Waals surface area (Å²) in [6.45, 7) is 3.57. The summed E-state index contributed by atoms with van der Waals surface area (Å²) in [6, 6.07) is 0.299. The smallest absolute Gasteiger partial charge is 0.321 e. The molecule has 0 saturated heterocycles. The monoisotopic (exact) mass is 234 g/mol. The van der Waals surface area contributed by atoms with Crippen LogP contribution in [0.25, 0.3) is 0 Å². The van der Waals surface area contributed by atoms with Gasteiger partial charge in [-0.15, -0.1) is 0 Å². The zero-order valence-electron chi connectivity index (χ0n) is 8.60. The molecular weight excluding hydrogens is 220 g/mol. The fourth-order valence-corrected chi connectivity index (χ4v) is 1.90. The van der Waals surface area contributed by atoms with Gasteiger partial charge in [0, 0.05) is 0 Å². The fourth-order valence-electron chi connectivity index (χ4n) is 1.01. The number of carboxylic acids is 1. The molecule has 1 atom stereocenters. The van der Waals surface area contributed by atoms with E-state index in [0.29, 0.717) is 0 Å². The predicted octanol–water partition coefficient (Wildman–Crippen LogP) is -0.0713. The van der Waals surface area contributed by atoms with Crippen molar-refractivity contribution < 1.29 is 18.3 Å². The molecule has 86 valence electrons. The largest absolute Gasteiger partial charge is 0.480 e. The predicted molar refractivity (Wildman–Crippen MR) is 53.4 cm³/mol. The maximum absolute atomic E-state index is 11.1. The molecule has 2 N–H and O–H groups in total. The summed E-state index contributed by atoms with van der Waals surface area (Å²) in [5.74, 6) is -1.91. The zero-order valence-corrected chi connectivity index (χ0v) is 9.41. The first-order valence-electron chi connectivity index (χ1n) is 4.38. The van der Waals surface area contributed by atoms with Gasteiger partial charge in [0.05, 0.1) is 6.07 Å². The highest BCUT2D eigenvalue weighted by Gasteiger charge is 2.24. The average Bonchev–Trinajstić information content (AvgIpc) is 2.00. The topological polar surface area (TPSA) is 107 Å². The quantitative estimate of drug-likeness (QED) is 0.668. The van der Waals surface area contributed by atoms with Gasteiger partial charge in [0.15, 0.2) is 5.75 Å². The first-order valence-corrected chi connectivity index (χ1v) is 6.03. The van der Waals surface area contributed by atoms with Gasteiger partial charge < -0.3 is 5.11 Å². The maximum atomic E-state index is 11.1. The van der Waals surface area contributed by atoms with E-state index in [4.69, 9.17) is 10.4 Å². The lowest BCUT2D eigenvalue weighted by atomic mass is 10.1. The Hall–Kier alpha value is -1.13. The van der Waals surface area contributed by atoms with Gasteiger partial charge in [-0.3, -0.25) is 4.79 Å². The number of hydrogen-bond acceptors (Lipinski definition) is 4. The second-order valence-electron chi connectivity index (χ2n) is 3.56. The van der Waals surface area contributed by atoms with E-state index >= 15 is 0 Å². The lowest BCUT2D eigenvalue weighted by molar-refractivity contribution is -0.139. The van der Waals surface area contributed by atoms with Crippen molar-refractivity contribution in [3.63, 3.8) is 0 Å². The van der Waals surface area contributed by atoms with Crippen LogP contribution in [-0.4, -0.2) is 31.3 Å². The zero-order chi connectivity index (χ0) is 12.1. The molecule has 0 amide bonds. The molecule has 0 aromatic heterocycles. The van der Waals surface area contributed by atoms with Crippen molar-refractivity contribution in [2.24, 2.45) is 5.92 Å². The SMILES string of the molecule is CC(C)CC(NS(=O)(=O)CC#N)C(=O)O. The van der Waals surface area contributed by atoms with Gasteiger partial charge in [-0.1, -0.05) is 13.8 Å². The minimum atomic E-state index is -3.81. The van der Waals surface area contributed by atoms with Crippen molar-refractivity contribution in [2.75, 3.05) is 5.75 Å². The van der Waals surface area contributed by atoms with Gasteiger partial charge in [-0.25, -0.2) is 13.1 Å². The van der Waals surface area contributed by atoms with E-state index in [1.54, 1.807) is 13.8 Å². The Kier molecular flexibility index (Phi) is 5.25. The van der Waals surface area contributed by atoms with Crippen molar-refractivity contribution in [3.8, 4) is 6.07 Å². The summed E-state index contributed by atoms with van der Waals surface area (Å²) >= 11 is 0. The van der Waals surface area contributed by atoms with Crippen LogP contribution in [0, 0.1) is 17.2 Å². The summed E-state index contributed by atoms with van der Waals surface area (Å²) in [5.41, 5.74) is 0. The van der Waals surface area contributed by atoms with Crippen LogP contribution >= 0.6 is 0 Å². The summed E-state index contributed by atoms with van der Waals surface area (Å²) in [5, 5.41) is 17.0. The number of carboxylic acid groups (broad SMARTS) is 1. The van der Waals surface area contributed by atoms with E-state index < -0.39 is 27.8 Å². The average molecular weight is 234 g/mol. The van der Waals surface area contributed by atoms with E-state index in [0.717, 1.165) is 0 Å². The molecule has 0 fully saturated rings. The van der Waals surface area contributed by atoms with Crippen LogP contribution in [0.3, 0.4) is 0 Å². The number of nitriles is 1. The van der Waals surface area contributed by atoms with E-state index in [2.05, 4.69) is 0 Å². The Morgan fingerprint density at radius 2 is 2.07 bits per heavy atom. The molecule has 0 aliphatic rings. The summed E-state index contributed by atoms with van der Waals surface area (Å²) < 4.78 is 24.2. The van der Waals surface area contributed by atoms with Crippen molar-refractivity contribution in [2.45, 2.75) is 26.3 Å². The Morgan fingerprint density at radius 1 is 1.53 bits per heavy atom. The molecule has 0 aliphatic carbocycles. The number of nitrogens with one attached hydrogen (secondary N) is 1. The fraction of sp³-hybridized carbons (Fsp3) is 0.750. The van der Waals surface area contributed by atoms with Crippen molar-refractivity contribution in [1.82, 2.24) is 4.72 Å². The maximum Gasteiger partial charge on any atom is 0.321 e. The molecular formula is C8H14N2O4S. The Balaban J connectivity index is 4.57. The van der Waals surface area contributed by atoms with Crippen molar-refractivity contribution in [3.05, 3.63) is 0 Å². The van der Waals surface area contributed by atoms with Gasteiger partial charge in [0.25, 0.3) is 0 Å². The highest BCUT2D eigenvalue weighted by molar-refractivity contribution is 7.89. The third-order valence-electron chi connectivity index (χ3n) is 1.58. The first kappa shape index (κ1) is 13.9. The highest BCUT2D eigenvalue weighted by atomic mass is 32.2. The number of sulfonamides is 1. The van der Waals surface area contributed by atoms with Crippen molar-refractivity contribution >= 4 is 16.0 Å². The lowest BCUT2D eigenvalue weighted by Gasteiger charge is -2.15. The van der Waals surface area contributed by atoms with Gasteiger partial charge in [0.1, 0.15) is 6.04 Å². The second kappa shape index (κ2) is 5.68. The van der Waals surface area contributed by atoms with E-state index in [9.17, 15) is 13.2 Å². The van der Waals surface area contributed by atoms with Crippen LogP contribution in [0.5, 0.6) is 0 Å². The summed E-state index contributed by atoms with van der Waals surface area (Å²) in [4.78, 5) is 10.7. The molecule has 7 heteroatoms. The van der Waals surface area contributed by atoms with Crippen LogP contribution in [-0.2, 0) is 14.8 Å². The molecule has 0 aromatic rings. The molecule has 0 aromatic carbocycles. The third kappa shape index (κ3) is 6.04. The van der Waals surface area contributed by atoms with Crippen LogP contribution < -0.4 is 4.72 Å². The number of hydrogen-bond donors (Lipinski definition) is 2. The van der Waals surface area contributed by atoms with Crippen molar-refractivity contribution in [1.29, 1.82) is 5.26 Å². The molecule has 0 radical (unpaired) electrons. The van der Waals surface area contributed by atoms with Gasteiger partial charge in [-0.05, 0) is 12.3 Å². The molecule has 0 bridgehead atoms. The molecule has 0 heterocycles. The van der Waals surface area contributed by atoms with E-state index in [-0.39, 0.29) is 12.3 Å². The Morgan fingerprint density at radius 3 is 2.40 bits per heavy atom. The summed E-state index contributed by atoms with van der Waals surface area (Å²) in [7, 11) is -3.81. The normalized spacial score (nSPS) is 13.5. The number of aliphatic carboxylic acids is 1. The Labute approximate surface area is 89.0 Å². The van der Waals surface area contributed by atoms with E-state index in [1.807, 2.05) is 4.72 Å². The first-order chi connectivity index (χ1) is 6.78. The number of carbonyl (C=O) groups is 1. The lowest BCUT2D eigenvalue weighted by Crippen LogP contribution is -2.42. The van der Waals surface area contributed by atoms with Gasteiger partial charge in [0.2, 0.25) is 10.0 Å². The molecule has 15 heavy (non-hydrogen) atoms. The standard InChI is InChI=1S/C8H14N2O4S/c1-6(2)5-7(8(11)12)10-15(13,14)4-3-9/h6-7,10H,4-5H2,1-2H3,(H,11,12). The summed E-state index contributed by atoms with van der Waals surface area (Å²) in [6.07, 6.45) is 0.194. The molecule has 1 unspecified atom stereocenters. The minimum Gasteiger partial charge on any atom is -0.480 e. The van der Waals surface area contributed by atoms with Gasteiger partial charge >= 0.3 is 5.97 Å². The third-order valence-corrected chi connectivity index (χ3v) is 2.73. The molecule has 0 spiro atoms. The molecule has 0 aliphatic heterocycles. The van der Waals surface area contributed by atoms with Crippen LogP contribution in [0.1, 0.15) is 20.3 Å². The highest BCUT2D eigenvalue weighted by Crippen LogP contribution is 2.06. The van der Waals surface area contributed by atoms with E-state index in [1.165, 1.54) is 6.07 Å².